The molecule has 0 amide bonds. The first-order valence-corrected chi connectivity index (χ1v) is 6.18. The highest BCUT2D eigenvalue weighted by Crippen LogP contribution is 2.30. The van der Waals surface area contributed by atoms with Gasteiger partial charge in [0.25, 0.3) is 10.0 Å². The van der Waals surface area contributed by atoms with E-state index >= 15 is 0 Å². The Hall–Kier alpha value is -0.500. The van der Waals surface area contributed by atoms with Crippen molar-refractivity contribution < 1.29 is 13.2 Å². The van der Waals surface area contributed by atoms with E-state index in [0.717, 1.165) is 16.2 Å². The summed E-state index contributed by atoms with van der Waals surface area (Å²) in [7, 11) is -2.15. The lowest BCUT2D eigenvalue weighted by Gasteiger charge is -2.19. The van der Waals surface area contributed by atoms with Gasteiger partial charge in [0.15, 0.2) is 0 Å². The van der Waals surface area contributed by atoms with Gasteiger partial charge in [-0.1, -0.05) is 0 Å². The van der Waals surface area contributed by atoms with Crippen LogP contribution in [0.3, 0.4) is 0 Å². The SMILES string of the molecule is COC(C)(C)c1cnc(S(N)(=O)=O)s1. The largest absolute Gasteiger partial charge is 0.373 e. The minimum Gasteiger partial charge on any atom is -0.373 e. The van der Waals surface area contributed by atoms with Crippen molar-refractivity contribution in [1.29, 1.82) is 0 Å². The van der Waals surface area contributed by atoms with Crippen molar-refractivity contribution in [3.05, 3.63) is 11.1 Å². The summed E-state index contributed by atoms with van der Waals surface area (Å²) < 4.78 is 27.0. The Bertz CT molecular complexity index is 422. The molecule has 1 heterocycles. The molecule has 14 heavy (non-hydrogen) atoms. The molecule has 1 aromatic heterocycles. The Morgan fingerprint density at radius 2 is 2.14 bits per heavy atom. The van der Waals surface area contributed by atoms with Gasteiger partial charge in [0.2, 0.25) is 4.34 Å². The van der Waals surface area contributed by atoms with Crippen molar-refractivity contribution in [3.63, 3.8) is 0 Å². The van der Waals surface area contributed by atoms with Gasteiger partial charge in [0.05, 0.1) is 10.5 Å². The summed E-state index contributed by atoms with van der Waals surface area (Å²) in [6.07, 6.45) is 1.47. The lowest BCUT2D eigenvalue weighted by atomic mass is 10.1. The molecule has 1 aromatic rings. The Balaban J connectivity index is 3.13. The summed E-state index contributed by atoms with van der Waals surface area (Å²) in [6, 6.07) is 0. The standard InChI is InChI=1S/C7H12N2O3S2/c1-7(2,12-3)5-4-9-6(13-5)14(8,10)11/h4H,1-3H3,(H2,8,10,11). The van der Waals surface area contributed by atoms with E-state index in [1.807, 2.05) is 13.8 Å². The highest BCUT2D eigenvalue weighted by molar-refractivity contribution is 7.91. The lowest BCUT2D eigenvalue weighted by Crippen LogP contribution is -2.17. The van der Waals surface area contributed by atoms with Crippen LogP contribution in [0.1, 0.15) is 18.7 Å². The van der Waals surface area contributed by atoms with Crippen LogP contribution in [0.4, 0.5) is 0 Å². The van der Waals surface area contributed by atoms with E-state index < -0.39 is 15.6 Å². The van der Waals surface area contributed by atoms with Crippen molar-refractivity contribution in [2.45, 2.75) is 23.8 Å². The number of aromatic nitrogens is 1. The number of primary sulfonamides is 1. The quantitative estimate of drug-likeness (QED) is 0.836. The monoisotopic (exact) mass is 236 g/mol. The van der Waals surface area contributed by atoms with Gasteiger partial charge in [-0.05, 0) is 13.8 Å². The number of nitrogens with zero attached hydrogens (tertiary/aromatic N) is 1. The summed E-state index contributed by atoms with van der Waals surface area (Å²) in [4.78, 5) is 4.45. The second kappa shape index (κ2) is 3.58. The third-order valence-electron chi connectivity index (χ3n) is 1.83. The van der Waals surface area contributed by atoms with Gasteiger partial charge in [-0.15, -0.1) is 11.3 Å². The first kappa shape index (κ1) is 11.6. The molecule has 0 atom stereocenters. The number of methoxy groups -OCH3 is 1. The van der Waals surface area contributed by atoms with Crippen LogP contribution in [0.5, 0.6) is 0 Å². The van der Waals surface area contributed by atoms with Crippen LogP contribution in [-0.4, -0.2) is 20.5 Å². The highest BCUT2D eigenvalue weighted by Gasteiger charge is 2.24. The normalized spacial score (nSPS) is 13.1. The fourth-order valence-electron chi connectivity index (χ4n) is 0.769. The molecule has 7 heteroatoms. The summed E-state index contributed by atoms with van der Waals surface area (Å²) in [5.41, 5.74) is -0.541. The number of hydrogen-bond donors (Lipinski definition) is 1. The van der Waals surface area contributed by atoms with E-state index in [9.17, 15) is 8.42 Å². The molecule has 5 nitrogen and oxygen atoms in total. The van der Waals surface area contributed by atoms with Gasteiger partial charge in [0.1, 0.15) is 0 Å². The number of nitrogens with two attached hydrogens (primary N) is 1. The fraction of sp³-hybridized carbons (Fsp3) is 0.571. The Labute approximate surface area is 87.0 Å². The molecule has 0 aliphatic carbocycles. The summed E-state index contributed by atoms with van der Waals surface area (Å²) in [6.45, 7) is 3.65. The average Bonchev–Trinajstić information content (AvgIpc) is 2.51. The molecule has 0 radical (unpaired) electrons. The smallest absolute Gasteiger partial charge is 0.265 e. The van der Waals surface area contributed by atoms with Gasteiger partial charge < -0.3 is 4.74 Å². The zero-order chi connectivity index (χ0) is 11.0. The van der Waals surface area contributed by atoms with E-state index in [4.69, 9.17) is 9.88 Å². The molecule has 0 unspecified atom stereocenters. The van der Waals surface area contributed by atoms with Crippen LogP contribution in [-0.2, 0) is 20.4 Å². The molecule has 0 fully saturated rings. The lowest BCUT2D eigenvalue weighted by molar-refractivity contribution is 0.0222. The molecule has 0 saturated carbocycles. The van der Waals surface area contributed by atoms with Crippen LogP contribution in [0, 0.1) is 0 Å². The molecular formula is C7H12N2O3S2. The number of rotatable bonds is 3. The van der Waals surface area contributed by atoms with Gasteiger partial charge in [-0.3, -0.25) is 0 Å². The van der Waals surface area contributed by atoms with E-state index in [-0.39, 0.29) is 4.34 Å². The molecule has 0 aliphatic rings. The van der Waals surface area contributed by atoms with E-state index in [1.165, 1.54) is 6.20 Å². The molecule has 0 aliphatic heterocycles. The maximum Gasteiger partial charge on any atom is 0.265 e. The van der Waals surface area contributed by atoms with Crippen molar-refractivity contribution in [2.24, 2.45) is 5.14 Å². The molecule has 0 saturated heterocycles. The number of ether oxygens (including phenoxy) is 1. The first-order valence-electron chi connectivity index (χ1n) is 3.81. The molecular weight excluding hydrogens is 224 g/mol. The molecule has 0 spiro atoms. The van der Waals surface area contributed by atoms with Crippen molar-refractivity contribution >= 4 is 21.4 Å². The first-order chi connectivity index (χ1) is 6.27. The van der Waals surface area contributed by atoms with Gasteiger partial charge >= 0.3 is 0 Å². The number of hydrogen-bond acceptors (Lipinski definition) is 5. The van der Waals surface area contributed by atoms with Gasteiger partial charge in [-0.25, -0.2) is 18.5 Å². The number of thiazole rings is 1. The average molecular weight is 236 g/mol. The zero-order valence-corrected chi connectivity index (χ0v) is 9.78. The minimum absolute atomic E-state index is 0.0855. The highest BCUT2D eigenvalue weighted by atomic mass is 32.2. The van der Waals surface area contributed by atoms with Crippen LogP contribution in [0.15, 0.2) is 10.5 Å². The summed E-state index contributed by atoms with van der Waals surface area (Å²) in [5.74, 6) is 0. The Kier molecular flexibility index (Phi) is 2.96. The second-order valence-electron chi connectivity index (χ2n) is 3.25. The maximum atomic E-state index is 10.9. The van der Waals surface area contributed by atoms with E-state index in [2.05, 4.69) is 4.98 Å². The predicted molar refractivity (Wildman–Crippen MR) is 53.5 cm³/mol. The predicted octanol–water partition coefficient (Wildman–Crippen LogP) is 0.672. The van der Waals surface area contributed by atoms with Crippen LogP contribution < -0.4 is 5.14 Å². The Morgan fingerprint density at radius 1 is 1.57 bits per heavy atom. The third kappa shape index (κ3) is 2.30. The molecule has 2 N–H and O–H groups in total. The van der Waals surface area contributed by atoms with Gasteiger partial charge in [-0.2, -0.15) is 0 Å². The Morgan fingerprint density at radius 3 is 2.50 bits per heavy atom. The topological polar surface area (TPSA) is 82.3 Å². The summed E-state index contributed by atoms with van der Waals surface area (Å²) >= 11 is 1.02. The van der Waals surface area contributed by atoms with Crippen molar-refractivity contribution in [3.8, 4) is 0 Å². The van der Waals surface area contributed by atoms with Crippen molar-refractivity contribution in [1.82, 2.24) is 4.98 Å². The van der Waals surface area contributed by atoms with E-state index in [0.29, 0.717) is 0 Å². The maximum absolute atomic E-state index is 10.9. The molecule has 0 bridgehead atoms. The van der Waals surface area contributed by atoms with E-state index in [1.54, 1.807) is 7.11 Å². The van der Waals surface area contributed by atoms with Crippen LogP contribution in [0.2, 0.25) is 0 Å². The second-order valence-corrected chi connectivity index (χ2v) is 6.02. The van der Waals surface area contributed by atoms with Crippen LogP contribution >= 0.6 is 11.3 Å². The van der Waals surface area contributed by atoms with Crippen molar-refractivity contribution in [2.75, 3.05) is 7.11 Å². The van der Waals surface area contributed by atoms with Crippen LogP contribution in [0.25, 0.3) is 0 Å². The molecule has 80 valence electrons. The number of sulfonamides is 1. The fourth-order valence-corrected chi connectivity index (χ4v) is 2.43. The summed E-state index contributed by atoms with van der Waals surface area (Å²) in [5, 5.41) is 4.93. The molecule has 0 aromatic carbocycles. The molecule has 1 rings (SSSR count). The van der Waals surface area contributed by atoms with Gasteiger partial charge in [0, 0.05) is 13.3 Å². The zero-order valence-electron chi connectivity index (χ0n) is 8.14. The third-order valence-corrected chi connectivity index (χ3v) is 4.47. The minimum atomic E-state index is -3.70.